The van der Waals surface area contributed by atoms with Crippen LogP contribution in [0.15, 0.2) is 76.9 Å². The number of aliphatic hydroxyl groups excluding tert-OH is 1. The van der Waals surface area contributed by atoms with Crippen LogP contribution in [0.1, 0.15) is 107 Å². The van der Waals surface area contributed by atoms with E-state index in [1.807, 2.05) is 75.7 Å². The van der Waals surface area contributed by atoms with Crippen LogP contribution >= 0.6 is 11.3 Å². The summed E-state index contributed by atoms with van der Waals surface area (Å²) in [6, 6.07) is 18.5. The van der Waals surface area contributed by atoms with Crippen LogP contribution in [0, 0.1) is 24.1 Å². The Morgan fingerprint density at radius 2 is 1.77 bits per heavy atom. The number of carbonyl (C=O) groups is 2. The molecule has 4 saturated heterocycles. The van der Waals surface area contributed by atoms with E-state index in [-0.39, 0.29) is 71.2 Å². The molecule has 2 bridgehead atoms. The molecule has 17 nitrogen and oxygen atoms in total. The Morgan fingerprint density at radius 3 is 2.49 bits per heavy atom. The number of thiazole rings is 1. The summed E-state index contributed by atoms with van der Waals surface area (Å²) < 4.78 is 35.7. The minimum Gasteiger partial charge on any atom is -0.508 e. The van der Waals surface area contributed by atoms with Gasteiger partial charge in [-0.25, -0.2) is 9.37 Å². The molecule has 19 heteroatoms. The van der Waals surface area contributed by atoms with Crippen LogP contribution in [-0.2, 0) is 16.0 Å². The number of benzene rings is 3. The van der Waals surface area contributed by atoms with Crippen molar-refractivity contribution in [1.82, 2.24) is 45.5 Å². The number of β-amino-alcohol motifs (C(OH)–C–C–N with tert-alkyl or cyclic N) is 1. The number of likely N-dealkylation sites (tertiary alicyclic amines) is 2. The maximum atomic E-state index is 17.1. The Morgan fingerprint density at radius 1 is 1.00 bits per heavy atom. The number of halogens is 1. The number of pyridine rings is 1. The molecule has 414 valence electrons. The number of aryl methyl sites for hydroxylation is 2. The molecule has 5 aliphatic rings. The van der Waals surface area contributed by atoms with Crippen molar-refractivity contribution in [2.24, 2.45) is 11.3 Å². The van der Waals surface area contributed by atoms with Crippen molar-refractivity contribution in [3.05, 3.63) is 101 Å². The van der Waals surface area contributed by atoms with Crippen molar-refractivity contribution in [3.63, 3.8) is 0 Å². The summed E-state index contributed by atoms with van der Waals surface area (Å²) in [5, 5.41) is 34.8. The summed E-state index contributed by atoms with van der Waals surface area (Å²) >= 11 is 1.59. The molecule has 4 aliphatic heterocycles. The molecule has 3 aromatic carbocycles. The Kier molecular flexibility index (Phi) is 14.5. The van der Waals surface area contributed by atoms with E-state index >= 15 is 4.39 Å². The Balaban J connectivity index is 0.657. The van der Waals surface area contributed by atoms with Crippen molar-refractivity contribution in [3.8, 4) is 39.3 Å². The summed E-state index contributed by atoms with van der Waals surface area (Å²) in [5.74, 6) is -0.767. The number of anilines is 1. The van der Waals surface area contributed by atoms with Gasteiger partial charge in [0.2, 0.25) is 11.8 Å². The Labute approximate surface area is 462 Å². The fraction of sp³-hybridized carbons (Fsp3) is 0.483. The molecule has 4 N–H and O–H groups in total. The molecule has 4 unspecified atom stereocenters. The first kappa shape index (κ1) is 52.9. The van der Waals surface area contributed by atoms with Gasteiger partial charge in [-0.05, 0) is 128 Å². The summed E-state index contributed by atoms with van der Waals surface area (Å²) in [6.07, 6.45) is 7.58. The molecule has 12 rings (SSSR count). The number of hydrogen-bond acceptors (Lipinski definition) is 16. The highest BCUT2D eigenvalue weighted by molar-refractivity contribution is 7.13. The van der Waals surface area contributed by atoms with Crippen molar-refractivity contribution in [2.75, 3.05) is 50.8 Å². The fourth-order valence-corrected chi connectivity index (χ4v) is 13.9. The molecule has 8 heterocycles. The average molecular weight is 1090 g/mol. The Bertz CT molecular complexity index is 3380. The number of rotatable bonds is 16. The second-order valence-electron chi connectivity index (χ2n) is 23.1. The molecule has 1 spiro atoms. The number of aromatic nitrogens is 5. The van der Waals surface area contributed by atoms with Crippen molar-refractivity contribution in [2.45, 2.75) is 128 Å². The zero-order valence-electron chi connectivity index (χ0n) is 45.5. The smallest absolute Gasteiger partial charge is 0.319 e. The number of amides is 2. The number of aromatic hydroxyl groups is 1. The van der Waals surface area contributed by atoms with Crippen molar-refractivity contribution >= 4 is 50.6 Å². The van der Waals surface area contributed by atoms with Crippen LogP contribution in [-0.4, -0.2) is 133 Å². The third-order valence-electron chi connectivity index (χ3n) is 17.4. The summed E-state index contributed by atoms with van der Waals surface area (Å²) in [4.78, 5) is 54.1. The first-order valence-electron chi connectivity index (χ1n) is 28.1. The molecule has 1 aliphatic carbocycles. The zero-order valence-corrected chi connectivity index (χ0v) is 46.3. The molecule has 79 heavy (non-hydrogen) atoms. The first-order valence-corrected chi connectivity index (χ1v) is 29.0. The molecule has 2 amide bonds. The number of fused-ring (bicyclic) bond motifs is 4. The average Bonchev–Trinajstić information content (AvgIpc) is 4.29. The van der Waals surface area contributed by atoms with Crippen LogP contribution < -0.4 is 25.0 Å². The number of phenols is 1. The quantitative estimate of drug-likeness (QED) is 0.0714. The van der Waals surface area contributed by atoms with Gasteiger partial charge in [-0.15, -0.1) is 11.3 Å². The summed E-state index contributed by atoms with van der Waals surface area (Å²) in [6.45, 7) is 14.1. The van der Waals surface area contributed by atoms with Gasteiger partial charge in [0.15, 0.2) is 11.6 Å². The normalized spacial score (nSPS) is 22.0. The number of piperidine rings is 1. The number of hydrogen-bond donors (Lipinski definition) is 4. The SMILES string of the molecule is CCc1cccc2cc(O)cc(-c3ncc4c(N5CC6CCC(C5)N6)nc(OCCN5CCC6(CC5)CC(Oc5cc(C(C(=O)N7C[C@H](O)C[C@H]7C(=O)NC(C)c7ccc(-c8scnc8C)cc7)C(C)C)on5)C6)nc4c3F)c12. The molecular weight excluding hydrogens is 1020 g/mol. The monoisotopic (exact) mass is 1090 g/mol. The maximum absolute atomic E-state index is 17.1. The third kappa shape index (κ3) is 10.5. The van der Waals surface area contributed by atoms with Crippen LogP contribution in [0.3, 0.4) is 0 Å². The molecule has 5 fully saturated rings. The lowest BCUT2D eigenvalue weighted by Gasteiger charge is -2.51. The number of piperazine rings is 1. The lowest BCUT2D eigenvalue weighted by atomic mass is 9.61. The van der Waals surface area contributed by atoms with E-state index in [1.54, 1.807) is 35.7 Å². The summed E-state index contributed by atoms with van der Waals surface area (Å²) in [7, 11) is 0. The molecule has 7 aromatic rings. The van der Waals surface area contributed by atoms with Gasteiger partial charge >= 0.3 is 6.01 Å². The fourth-order valence-electron chi connectivity index (χ4n) is 13.1. The van der Waals surface area contributed by atoms with E-state index in [2.05, 4.69) is 37.5 Å². The van der Waals surface area contributed by atoms with Gasteiger partial charge in [0.25, 0.3) is 5.88 Å². The number of nitrogens with one attached hydrogen (secondary N) is 2. The summed E-state index contributed by atoms with van der Waals surface area (Å²) in [5.41, 5.74) is 6.76. The largest absolute Gasteiger partial charge is 0.508 e. The standard InChI is InChI=1S/C60H69FN10O7S/c1-6-36-8-7-9-39-22-42(72)23-45(51(36)39)53-52(61)54-46(28-62-53)56(70-29-40-14-15-41(30-70)65-40)67-59(66-54)76-21-20-69-18-16-60(17-19-69)26-44(27-60)77-49-25-48(78-68-49)50(33(2)3)58(75)71-31-43(73)24-47(71)57(74)64-34(4)37-10-12-38(13-11-37)55-35(5)63-32-79-55/h7-13,22-23,25,28,32-34,40-41,43-44,47,50,65,72-73H,6,14-21,24,26-27,29-31H2,1-5H3,(H,64,74)/t34?,40?,41?,43-,47+,50?/m1/s1. The van der Waals surface area contributed by atoms with Gasteiger partial charge in [0.1, 0.15) is 47.4 Å². The lowest BCUT2D eigenvalue weighted by Crippen LogP contribution is -2.51. The lowest BCUT2D eigenvalue weighted by molar-refractivity contribution is -0.141. The van der Waals surface area contributed by atoms with Gasteiger partial charge in [-0.1, -0.05) is 63.2 Å². The number of carbonyl (C=O) groups excluding carboxylic acids is 2. The highest BCUT2D eigenvalue weighted by atomic mass is 32.1. The number of phenolic OH excluding ortho intramolecular Hbond substituents is 1. The minimum absolute atomic E-state index is 0.0365. The second kappa shape index (κ2) is 21.7. The van der Waals surface area contributed by atoms with Gasteiger partial charge in [-0.2, -0.15) is 9.97 Å². The van der Waals surface area contributed by atoms with Crippen LogP contribution in [0.4, 0.5) is 10.2 Å². The highest BCUT2D eigenvalue weighted by Gasteiger charge is 2.48. The van der Waals surface area contributed by atoms with Crippen LogP contribution in [0.2, 0.25) is 0 Å². The van der Waals surface area contributed by atoms with Crippen LogP contribution in [0.5, 0.6) is 17.6 Å². The predicted molar refractivity (Wildman–Crippen MR) is 300 cm³/mol. The first-order chi connectivity index (χ1) is 38.2. The molecular formula is C60H69FN10O7S. The van der Waals surface area contributed by atoms with E-state index in [0.29, 0.717) is 53.6 Å². The zero-order chi connectivity index (χ0) is 54.7. The van der Waals surface area contributed by atoms with Gasteiger partial charge in [0.05, 0.1) is 33.6 Å². The predicted octanol–water partition coefficient (Wildman–Crippen LogP) is 8.89. The number of ether oxygens (including phenoxy) is 2. The molecule has 4 aromatic heterocycles. The van der Waals surface area contributed by atoms with Crippen molar-refractivity contribution in [1.29, 1.82) is 0 Å². The van der Waals surface area contributed by atoms with Gasteiger partial charge < -0.3 is 44.6 Å². The topological polar surface area (TPSA) is 204 Å². The Hall–Kier alpha value is -6.80. The van der Waals surface area contributed by atoms with E-state index in [0.717, 1.165) is 109 Å². The highest BCUT2D eigenvalue weighted by Crippen LogP contribution is 2.50. The second-order valence-corrected chi connectivity index (χ2v) is 23.9. The minimum atomic E-state index is -0.842. The van der Waals surface area contributed by atoms with Crippen LogP contribution in [0.25, 0.3) is 43.4 Å². The van der Waals surface area contributed by atoms with E-state index < -0.39 is 23.9 Å². The third-order valence-corrected chi connectivity index (χ3v) is 18.4. The maximum Gasteiger partial charge on any atom is 0.319 e. The molecule has 1 saturated carbocycles. The number of aliphatic hydroxyl groups is 1. The number of nitrogens with zero attached hydrogens (tertiary/aromatic N) is 8. The van der Waals surface area contributed by atoms with E-state index in [1.165, 1.54) is 4.90 Å². The molecule has 0 radical (unpaired) electrons. The molecule has 6 atom stereocenters. The van der Waals surface area contributed by atoms with E-state index in [4.69, 9.17) is 28.9 Å². The van der Waals surface area contributed by atoms with Crippen molar-refractivity contribution < 1.29 is 38.2 Å². The van der Waals surface area contributed by atoms with E-state index in [9.17, 15) is 19.8 Å². The van der Waals surface area contributed by atoms with Gasteiger partial charge in [-0.3, -0.25) is 19.5 Å². The van der Waals surface area contributed by atoms with Gasteiger partial charge in [0, 0.05) is 62.5 Å².